The predicted molar refractivity (Wildman–Crippen MR) is 125 cm³/mol. The zero-order valence-electron chi connectivity index (χ0n) is 15.5. The first-order valence-electron chi connectivity index (χ1n) is 8.67. The summed E-state index contributed by atoms with van der Waals surface area (Å²) < 4.78 is 28.6. The minimum atomic E-state index is -3.96. The lowest BCUT2D eigenvalue weighted by atomic mass is 10.2. The topological polar surface area (TPSA) is 66.5 Å². The van der Waals surface area contributed by atoms with E-state index >= 15 is 0 Å². The van der Waals surface area contributed by atoms with Crippen molar-refractivity contribution in [1.82, 2.24) is 0 Å². The Kier molecular flexibility index (Phi) is 6.81. The van der Waals surface area contributed by atoms with Crippen molar-refractivity contribution in [3.63, 3.8) is 0 Å². The van der Waals surface area contributed by atoms with Crippen molar-refractivity contribution in [1.29, 1.82) is 0 Å². The Labute approximate surface area is 188 Å². The Balaban J connectivity index is 1.94. The van der Waals surface area contributed by atoms with Crippen LogP contribution in [0.1, 0.15) is 5.56 Å². The fraction of sp³-hybridized carbons (Fsp3) is 0.0952. The number of amides is 1. The second kappa shape index (κ2) is 9.15. The number of hydrogen-bond acceptors (Lipinski definition) is 3. The Morgan fingerprint density at radius 2 is 1.76 bits per heavy atom. The highest BCUT2D eigenvalue weighted by atomic mass is 127. The van der Waals surface area contributed by atoms with Gasteiger partial charge in [0, 0.05) is 14.3 Å². The monoisotopic (exact) mass is 540 g/mol. The molecule has 0 heterocycles. The lowest BCUT2D eigenvalue weighted by molar-refractivity contribution is -0.114. The smallest absolute Gasteiger partial charge is 0.264 e. The fourth-order valence-corrected chi connectivity index (χ4v) is 5.02. The van der Waals surface area contributed by atoms with Crippen LogP contribution in [0.15, 0.2) is 77.7 Å². The van der Waals surface area contributed by atoms with Gasteiger partial charge in [-0.05, 0) is 83.6 Å². The molecule has 0 atom stereocenters. The van der Waals surface area contributed by atoms with Gasteiger partial charge in [-0.25, -0.2) is 8.42 Å². The molecule has 3 rings (SSSR count). The summed E-state index contributed by atoms with van der Waals surface area (Å²) in [5.74, 6) is -0.450. The zero-order valence-corrected chi connectivity index (χ0v) is 19.2. The maximum absolute atomic E-state index is 13.2. The summed E-state index contributed by atoms with van der Waals surface area (Å²) in [4.78, 5) is 12.8. The molecule has 1 N–H and O–H groups in total. The van der Waals surface area contributed by atoms with Crippen LogP contribution < -0.4 is 9.62 Å². The van der Waals surface area contributed by atoms with Gasteiger partial charge in [-0.3, -0.25) is 9.10 Å². The lowest BCUT2D eigenvalue weighted by Crippen LogP contribution is -2.38. The highest BCUT2D eigenvalue weighted by molar-refractivity contribution is 14.1. The first-order valence-corrected chi connectivity index (χ1v) is 11.6. The number of carbonyl (C=O) groups is 1. The van der Waals surface area contributed by atoms with E-state index in [9.17, 15) is 13.2 Å². The van der Waals surface area contributed by atoms with Crippen molar-refractivity contribution in [3.05, 3.63) is 87.0 Å². The highest BCUT2D eigenvalue weighted by Gasteiger charge is 2.27. The van der Waals surface area contributed by atoms with E-state index in [1.54, 1.807) is 42.5 Å². The van der Waals surface area contributed by atoms with Crippen LogP contribution in [0.3, 0.4) is 0 Å². The first-order chi connectivity index (χ1) is 13.8. The molecule has 1 amide bonds. The summed E-state index contributed by atoms with van der Waals surface area (Å²) in [7, 11) is -3.96. The van der Waals surface area contributed by atoms with E-state index < -0.39 is 15.9 Å². The molecule has 0 aromatic heterocycles. The molecule has 0 aliphatic carbocycles. The molecule has 29 heavy (non-hydrogen) atoms. The molecule has 5 nitrogen and oxygen atoms in total. The molecular weight excluding hydrogens is 523 g/mol. The van der Waals surface area contributed by atoms with Crippen LogP contribution in [0.5, 0.6) is 0 Å². The third-order valence-corrected chi connectivity index (χ3v) is 6.87. The number of anilines is 2. The van der Waals surface area contributed by atoms with Crippen LogP contribution in [0.25, 0.3) is 0 Å². The first kappa shape index (κ1) is 21.6. The van der Waals surface area contributed by atoms with Crippen LogP contribution >= 0.6 is 34.2 Å². The molecule has 3 aromatic carbocycles. The summed E-state index contributed by atoms with van der Waals surface area (Å²) in [6.07, 6.45) is 0. The van der Waals surface area contributed by atoms with Crippen molar-refractivity contribution in [3.8, 4) is 0 Å². The van der Waals surface area contributed by atoms with E-state index in [2.05, 4.69) is 27.9 Å². The Morgan fingerprint density at radius 1 is 1.03 bits per heavy atom. The number of nitrogens with zero attached hydrogens (tertiary/aromatic N) is 1. The van der Waals surface area contributed by atoms with Crippen molar-refractivity contribution in [2.45, 2.75) is 11.8 Å². The van der Waals surface area contributed by atoms with Gasteiger partial charge < -0.3 is 5.32 Å². The lowest BCUT2D eigenvalue weighted by Gasteiger charge is -2.24. The molecule has 0 unspecified atom stereocenters. The molecule has 8 heteroatoms. The predicted octanol–water partition coefficient (Wildman–Crippen LogP) is 5.09. The van der Waals surface area contributed by atoms with E-state index in [4.69, 9.17) is 11.6 Å². The van der Waals surface area contributed by atoms with E-state index in [-0.39, 0.29) is 11.4 Å². The fourth-order valence-electron chi connectivity index (χ4n) is 2.75. The van der Waals surface area contributed by atoms with E-state index in [1.165, 1.54) is 18.2 Å². The van der Waals surface area contributed by atoms with Gasteiger partial charge in [-0.1, -0.05) is 35.9 Å². The minimum absolute atomic E-state index is 0.0956. The van der Waals surface area contributed by atoms with Crippen molar-refractivity contribution in [2.24, 2.45) is 0 Å². The summed E-state index contributed by atoms with van der Waals surface area (Å²) in [6.45, 7) is 1.50. The van der Waals surface area contributed by atoms with Crippen molar-refractivity contribution >= 4 is 61.5 Å². The molecule has 0 bridgehead atoms. The second-order valence-electron chi connectivity index (χ2n) is 6.31. The van der Waals surface area contributed by atoms with Crippen LogP contribution in [0, 0.1) is 10.5 Å². The van der Waals surface area contributed by atoms with Gasteiger partial charge in [0.2, 0.25) is 5.91 Å². The highest BCUT2D eigenvalue weighted by Crippen LogP contribution is 2.26. The molecule has 0 spiro atoms. The van der Waals surface area contributed by atoms with Crippen LogP contribution in [-0.4, -0.2) is 20.9 Å². The zero-order chi connectivity index (χ0) is 21.0. The van der Waals surface area contributed by atoms with Gasteiger partial charge in [0.15, 0.2) is 0 Å². The molecule has 3 aromatic rings. The summed E-state index contributed by atoms with van der Waals surface area (Å²) in [5.41, 5.74) is 1.85. The number of sulfonamides is 1. The molecule has 0 saturated carbocycles. The minimum Gasteiger partial charge on any atom is -0.324 e. The largest absolute Gasteiger partial charge is 0.324 e. The van der Waals surface area contributed by atoms with Gasteiger partial charge >= 0.3 is 0 Å². The number of nitrogens with one attached hydrogen (secondary N) is 1. The Hall–Kier alpha value is -2.10. The number of benzene rings is 3. The molecule has 0 fully saturated rings. The average Bonchev–Trinajstić information content (AvgIpc) is 2.69. The average molecular weight is 541 g/mol. The summed E-state index contributed by atoms with van der Waals surface area (Å²) in [6, 6.07) is 20.0. The van der Waals surface area contributed by atoms with Crippen LogP contribution in [0.4, 0.5) is 11.4 Å². The van der Waals surface area contributed by atoms with Gasteiger partial charge in [0.1, 0.15) is 6.54 Å². The van der Waals surface area contributed by atoms with Gasteiger partial charge in [-0.2, -0.15) is 0 Å². The summed E-state index contributed by atoms with van der Waals surface area (Å²) in [5, 5.41) is 3.17. The molecular formula is C21H18ClIN2O3S. The maximum atomic E-state index is 13.2. The third kappa shape index (κ3) is 5.29. The molecule has 150 valence electrons. The number of hydrogen-bond donors (Lipinski definition) is 1. The molecule has 0 aliphatic heterocycles. The quantitative estimate of drug-likeness (QED) is 0.443. The van der Waals surface area contributed by atoms with Crippen molar-refractivity contribution in [2.75, 3.05) is 16.2 Å². The number of aryl methyl sites for hydroxylation is 1. The molecule has 0 saturated heterocycles. The van der Waals surface area contributed by atoms with Gasteiger partial charge in [0.05, 0.1) is 10.6 Å². The molecule has 0 radical (unpaired) electrons. The molecule has 0 aliphatic rings. The van der Waals surface area contributed by atoms with E-state index in [0.717, 1.165) is 13.4 Å². The third-order valence-electron chi connectivity index (χ3n) is 4.18. The number of rotatable bonds is 6. The number of carbonyl (C=O) groups excluding carboxylic acids is 1. The second-order valence-corrected chi connectivity index (χ2v) is 9.86. The normalized spacial score (nSPS) is 11.1. The SMILES string of the molecule is Cc1cc(I)ccc1NC(=O)CN(c1cccc(Cl)c1)S(=O)(=O)c1ccccc1. The van der Waals surface area contributed by atoms with Crippen LogP contribution in [-0.2, 0) is 14.8 Å². The van der Waals surface area contributed by atoms with Gasteiger partial charge in [0.25, 0.3) is 10.0 Å². The van der Waals surface area contributed by atoms with Crippen LogP contribution in [0.2, 0.25) is 5.02 Å². The Morgan fingerprint density at radius 3 is 2.41 bits per heavy atom. The van der Waals surface area contributed by atoms with E-state index in [1.807, 2.05) is 19.1 Å². The van der Waals surface area contributed by atoms with Gasteiger partial charge in [-0.15, -0.1) is 0 Å². The number of halogens is 2. The van der Waals surface area contributed by atoms with E-state index in [0.29, 0.717) is 16.4 Å². The Bertz CT molecular complexity index is 1140. The summed E-state index contributed by atoms with van der Waals surface area (Å²) >= 11 is 8.25. The standard InChI is InChI=1S/C21H18ClIN2O3S/c1-15-12-17(23)10-11-20(15)24-21(26)14-25(18-7-5-6-16(22)13-18)29(27,28)19-8-3-2-4-9-19/h2-13H,14H2,1H3,(H,24,26). The maximum Gasteiger partial charge on any atom is 0.264 e. The van der Waals surface area contributed by atoms with Crippen molar-refractivity contribution < 1.29 is 13.2 Å².